The predicted octanol–water partition coefficient (Wildman–Crippen LogP) is 4.17. The van der Waals surface area contributed by atoms with Crippen LogP contribution in [0, 0.1) is 0 Å². The Morgan fingerprint density at radius 1 is 1.10 bits per heavy atom. The van der Waals surface area contributed by atoms with Crippen molar-refractivity contribution in [3.05, 3.63) is 28.7 Å². The first kappa shape index (κ1) is 16.5. The summed E-state index contributed by atoms with van der Waals surface area (Å²) in [5.74, 6) is 0. The van der Waals surface area contributed by atoms with Gasteiger partial charge in [-0.1, -0.05) is 51.1 Å². The van der Waals surface area contributed by atoms with Gasteiger partial charge in [0, 0.05) is 22.4 Å². The highest BCUT2D eigenvalue weighted by Crippen LogP contribution is 2.28. The van der Waals surface area contributed by atoms with Gasteiger partial charge in [0.1, 0.15) is 0 Å². The molecule has 0 amide bonds. The summed E-state index contributed by atoms with van der Waals surface area (Å²) in [6.45, 7) is 0.531. The molecule has 1 aliphatic rings. The van der Waals surface area contributed by atoms with Gasteiger partial charge in [0.15, 0.2) is 0 Å². The lowest BCUT2D eigenvalue weighted by Gasteiger charge is -2.33. The fourth-order valence-electron chi connectivity index (χ4n) is 2.69. The number of sulfonamides is 1. The fraction of sp³-hybridized carbons (Fsp3) is 0.571. The number of alkyl halides is 1. The number of halogens is 2. The highest BCUT2D eigenvalue weighted by atomic mass is 79.9. The van der Waals surface area contributed by atoms with Crippen molar-refractivity contribution in [1.82, 2.24) is 4.31 Å². The summed E-state index contributed by atoms with van der Waals surface area (Å²) in [4.78, 5) is 0.382. The smallest absolute Gasteiger partial charge is 0.207 e. The van der Waals surface area contributed by atoms with Crippen LogP contribution < -0.4 is 0 Å². The van der Waals surface area contributed by atoms with Gasteiger partial charge in [0.25, 0.3) is 0 Å². The molecule has 0 aromatic heterocycles. The van der Waals surface area contributed by atoms with Crippen LogP contribution in [0.2, 0.25) is 0 Å². The van der Waals surface area contributed by atoms with Crippen LogP contribution in [0.3, 0.4) is 0 Å². The molecule has 0 unspecified atom stereocenters. The largest absolute Gasteiger partial charge is 0.243 e. The molecule has 1 aromatic rings. The Kier molecular flexibility index (Phi) is 6.08. The maximum Gasteiger partial charge on any atom is 0.243 e. The van der Waals surface area contributed by atoms with E-state index in [1.54, 1.807) is 28.6 Å². The Balaban J connectivity index is 2.28. The van der Waals surface area contributed by atoms with Gasteiger partial charge < -0.3 is 0 Å². The molecule has 2 rings (SSSR count). The van der Waals surface area contributed by atoms with Gasteiger partial charge in [-0.2, -0.15) is 4.31 Å². The van der Waals surface area contributed by atoms with Crippen molar-refractivity contribution in [2.75, 3.05) is 11.9 Å². The first-order valence-corrected chi connectivity index (χ1v) is 10.2. The van der Waals surface area contributed by atoms with E-state index < -0.39 is 10.0 Å². The van der Waals surface area contributed by atoms with Crippen LogP contribution >= 0.6 is 31.9 Å². The molecule has 0 N–H and O–H groups in total. The summed E-state index contributed by atoms with van der Waals surface area (Å²) in [5.41, 5.74) is 0. The third kappa shape index (κ3) is 3.84. The van der Waals surface area contributed by atoms with E-state index in [0.717, 1.165) is 30.2 Å². The molecule has 112 valence electrons. The van der Waals surface area contributed by atoms with Gasteiger partial charge in [-0.3, -0.25) is 0 Å². The minimum Gasteiger partial charge on any atom is -0.207 e. The molecule has 20 heavy (non-hydrogen) atoms. The minimum absolute atomic E-state index is 0.148. The van der Waals surface area contributed by atoms with E-state index in [-0.39, 0.29) is 6.04 Å². The van der Waals surface area contributed by atoms with Crippen molar-refractivity contribution in [3.8, 4) is 0 Å². The van der Waals surface area contributed by atoms with Crippen LogP contribution in [0.5, 0.6) is 0 Å². The van der Waals surface area contributed by atoms with E-state index in [1.807, 2.05) is 0 Å². The maximum absolute atomic E-state index is 12.8. The van der Waals surface area contributed by atoms with E-state index in [1.165, 1.54) is 6.42 Å². The number of hydrogen-bond acceptors (Lipinski definition) is 2. The molecule has 0 spiro atoms. The van der Waals surface area contributed by atoms with E-state index >= 15 is 0 Å². The molecule has 6 heteroatoms. The Morgan fingerprint density at radius 3 is 2.25 bits per heavy atom. The van der Waals surface area contributed by atoms with Crippen LogP contribution in [-0.4, -0.2) is 30.6 Å². The summed E-state index contributed by atoms with van der Waals surface area (Å²) >= 11 is 6.72. The van der Waals surface area contributed by atoms with Gasteiger partial charge in [0.05, 0.1) is 4.90 Å². The summed E-state index contributed by atoms with van der Waals surface area (Å²) in [5, 5.41) is 0.666. The number of nitrogens with zero attached hydrogens (tertiary/aromatic N) is 1. The SMILES string of the molecule is O=S(=O)(c1ccc(Br)cc1)N(CCBr)C1CCCCC1. The molecule has 1 saturated carbocycles. The zero-order chi connectivity index (χ0) is 14.6. The van der Waals surface area contributed by atoms with Crippen molar-refractivity contribution < 1.29 is 8.42 Å². The van der Waals surface area contributed by atoms with Crippen LogP contribution in [0.25, 0.3) is 0 Å². The molecule has 0 radical (unpaired) electrons. The molecular formula is C14H19Br2NO2S. The molecule has 0 aliphatic heterocycles. The quantitative estimate of drug-likeness (QED) is 0.665. The molecule has 1 fully saturated rings. The van der Waals surface area contributed by atoms with Gasteiger partial charge >= 0.3 is 0 Å². The minimum atomic E-state index is -3.40. The zero-order valence-corrected chi connectivity index (χ0v) is 15.3. The van der Waals surface area contributed by atoms with Gasteiger partial charge in [0.2, 0.25) is 10.0 Å². The van der Waals surface area contributed by atoms with Crippen LogP contribution in [0.4, 0.5) is 0 Å². The van der Waals surface area contributed by atoms with E-state index in [0.29, 0.717) is 16.8 Å². The van der Waals surface area contributed by atoms with Crippen LogP contribution in [-0.2, 0) is 10.0 Å². The van der Waals surface area contributed by atoms with Crippen molar-refractivity contribution in [2.45, 2.75) is 43.0 Å². The molecule has 0 heterocycles. The topological polar surface area (TPSA) is 37.4 Å². The molecular weight excluding hydrogens is 406 g/mol. The van der Waals surface area contributed by atoms with Crippen molar-refractivity contribution in [1.29, 1.82) is 0 Å². The lowest BCUT2D eigenvalue weighted by molar-refractivity contribution is 0.263. The number of hydrogen-bond donors (Lipinski definition) is 0. The van der Waals surface area contributed by atoms with E-state index in [2.05, 4.69) is 31.9 Å². The average Bonchev–Trinajstić information content (AvgIpc) is 2.46. The molecule has 1 aromatic carbocycles. The number of rotatable bonds is 5. The number of benzene rings is 1. The van der Waals surface area contributed by atoms with Gasteiger partial charge in [-0.05, 0) is 37.1 Å². The Morgan fingerprint density at radius 2 is 1.70 bits per heavy atom. The van der Waals surface area contributed by atoms with Crippen molar-refractivity contribution >= 4 is 41.9 Å². The third-order valence-corrected chi connectivity index (χ3v) is 6.56. The van der Waals surface area contributed by atoms with Crippen molar-refractivity contribution in [3.63, 3.8) is 0 Å². The summed E-state index contributed by atoms with van der Waals surface area (Å²) < 4.78 is 28.2. The van der Waals surface area contributed by atoms with Crippen LogP contribution in [0.15, 0.2) is 33.6 Å². The highest BCUT2D eigenvalue weighted by molar-refractivity contribution is 9.10. The molecule has 0 atom stereocenters. The normalized spacial score (nSPS) is 17.6. The van der Waals surface area contributed by atoms with E-state index in [4.69, 9.17) is 0 Å². The zero-order valence-electron chi connectivity index (χ0n) is 11.3. The summed E-state index contributed by atoms with van der Waals surface area (Å²) in [6, 6.07) is 7.04. The second-order valence-corrected chi connectivity index (χ2v) is 8.65. The first-order chi connectivity index (χ1) is 9.55. The summed E-state index contributed by atoms with van der Waals surface area (Å²) in [7, 11) is -3.40. The summed E-state index contributed by atoms with van der Waals surface area (Å²) in [6.07, 6.45) is 5.42. The lowest BCUT2D eigenvalue weighted by atomic mass is 9.95. The molecule has 1 aliphatic carbocycles. The first-order valence-electron chi connectivity index (χ1n) is 6.89. The van der Waals surface area contributed by atoms with Crippen LogP contribution in [0.1, 0.15) is 32.1 Å². The van der Waals surface area contributed by atoms with Crippen molar-refractivity contribution in [2.24, 2.45) is 0 Å². The molecule has 0 bridgehead atoms. The maximum atomic E-state index is 12.8. The van der Waals surface area contributed by atoms with Gasteiger partial charge in [-0.15, -0.1) is 0 Å². The molecule has 3 nitrogen and oxygen atoms in total. The molecule has 0 saturated heterocycles. The second kappa shape index (κ2) is 7.38. The monoisotopic (exact) mass is 423 g/mol. The van der Waals surface area contributed by atoms with Gasteiger partial charge in [-0.25, -0.2) is 8.42 Å². The lowest BCUT2D eigenvalue weighted by Crippen LogP contribution is -2.42. The highest BCUT2D eigenvalue weighted by Gasteiger charge is 2.31. The standard InChI is InChI=1S/C14H19Br2NO2S/c15-10-11-17(13-4-2-1-3-5-13)20(18,19)14-8-6-12(16)7-9-14/h6-9,13H,1-5,10-11H2. The Hall–Kier alpha value is 0.0900. The van der Waals surface area contributed by atoms with E-state index in [9.17, 15) is 8.42 Å². The fourth-order valence-corrected chi connectivity index (χ4v) is 5.26. The Labute approximate surface area is 138 Å². The third-order valence-electron chi connectivity index (χ3n) is 3.71. The average molecular weight is 425 g/mol. The predicted molar refractivity (Wildman–Crippen MR) is 88.7 cm³/mol. The Bertz CT molecular complexity index is 525. The second-order valence-electron chi connectivity index (χ2n) is 5.05.